The van der Waals surface area contributed by atoms with Crippen molar-refractivity contribution in [2.45, 2.75) is 39.0 Å². The minimum Gasteiger partial charge on any atom is -0.487 e. The van der Waals surface area contributed by atoms with Gasteiger partial charge in [0.25, 0.3) is 0 Å². The molecule has 0 aliphatic heterocycles. The van der Waals surface area contributed by atoms with Crippen LogP contribution in [0.5, 0.6) is 5.75 Å². The molecular formula is C18H23N3O2. The zero-order valence-electron chi connectivity index (χ0n) is 13.5. The van der Waals surface area contributed by atoms with Crippen LogP contribution in [0.1, 0.15) is 37.6 Å². The minimum atomic E-state index is -0.143. The summed E-state index contributed by atoms with van der Waals surface area (Å²) in [6, 6.07) is 13.2. The third-order valence-corrected chi connectivity index (χ3v) is 3.36. The number of carbonyl (C=O) groups is 1. The highest BCUT2D eigenvalue weighted by molar-refractivity contribution is 5.77. The van der Waals surface area contributed by atoms with Crippen LogP contribution in [-0.2, 0) is 11.4 Å². The molecule has 1 aromatic carbocycles. The number of nitrogens with one attached hydrogen (secondary N) is 1. The molecule has 2 aromatic rings. The third kappa shape index (κ3) is 5.71. The van der Waals surface area contributed by atoms with Crippen LogP contribution in [0, 0.1) is 0 Å². The number of carbonyl (C=O) groups excluding carboxylic acids is 1. The molecular weight excluding hydrogens is 290 g/mol. The molecule has 23 heavy (non-hydrogen) atoms. The van der Waals surface area contributed by atoms with E-state index in [1.807, 2.05) is 56.3 Å². The summed E-state index contributed by atoms with van der Waals surface area (Å²) >= 11 is 0. The molecule has 2 unspecified atom stereocenters. The van der Waals surface area contributed by atoms with Gasteiger partial charge in [0.05, 0.1) is 11.7 Å². The molecule has 0 radical (unpaired) electrons. The van der Waals surface area contributed by atoms with E-state index < -0.39 is 0 Å². The van der Waals surface area contributed by atoms with E-state index in [0.29, 0.717) is 13.0 Å². The molecule has 1 heterocycles. The van der Waals surface area contributed by atoms with Gasteiger partial charge in [0.1, 0.15) is 12.4 Å². The number of rotatable bonds is 7. The van der Waals surface area contributed by atoms with Crippen molar-refractivity contribution in [1.82, 2.24) is 10.3 Å². The lowest BCUT2D eigenvalue weighted by Crippen LogP contribution is -2.31. The molecule has 2 atom stereocenters. The molecule has 1 aromatic heterocycles. The zero-order chi connectivity index (χ0) is 16.7. The minimum absolute atomic E-state index is 0.0488. The number of pyridine rings is 1. The number of amides is 1. The van der Waals surface area contributed by atoms with Gasteiger partial charge in [0.2, 0.25) is 5.91 Å². The Hall–Kier alpha value is -2.40. The number of ether oxygens (including phenoxy) is 1. The Morgan fingerprint density at radius 3 is 2.78 bits per heavy atom. The van der Waals surface area contributed by atoms with E-state index in [-0.39, 0.29) is 18.0 Å². The predicted molar refractivity (Wildman–Crippen MR) is 89.8 cm³/mol. The normalized spacial score (nSPS) is 13.2. The highest BCUT2D eigenvalue weighted by Crippen LogP contribution is 2.20. The molecule has 0 aliphatic rings. The van der Waals surface area contributed by atoms with E-state index in [4.69, 9.17) is 10.5 Å². The maximum Gasteiger partial charge on any atom is 0.222 e. The largest absolute Gasteiger partial charge is 0.487 e. The highest BCUT2D eigenvalue weighted by Gasteiger charge is 2.11. The Morgan fingerprint density at radius 1 is 1.26 bits per heavy atom. The van der Waals surface area contributed by atoms with Crippen LogP contribution in [0.15, 0.2) is 48.7 Å². The average Bonchev–Trinajstić information content (AvgIpc) is 2.53. The Labute approximate surface area is 136 Å². The third-order valence-electron chi connectivity index (χ3n) is 3.36. The Kier molecular flexibility index (Phi) is 6.11. The lowest BCUT2D eigenvalue weighted by Gasteiger charge is -2.16. The van der Waals surface area contributed by atoms with Gasteiger partial charge in [-0.1, -0.05) is 18.2 Å². The van der Waals surface area contributed by atoms with Crippen LogP contribution >= 0.6 is 0 Å². The van der Waals surface area contributed by atoms with E-state index in [2.05, 4.69) is 10.3 Å². The number of nitrogens with two attached hydrogens (primary N) is 1. The van der Waals surface area contributed by atoms with Crippen LogP contribution in [-0.4, -0.2) is 16.9 Å². The van der Waals surface area contributed by atoms with Gasteiger partial charge in [-0.15, -0.1) is 0 Å². The van der Waals surface area contributed by atoms with E-state index in [1.54, 1.807) is 6.20 Å². The first-order valence-corrected chi connectivity index (χ1v) is 7.72. The van der Waals surface area contributed by atoms with Crippen LogP contribution in [0.2, 0.25) is 0 Å². The number of hydrogen-bond acceptors (Lipinski definition) is 4. The summed E-state index contributed by atoms with van der Waals surface area (Å²) < 4.78 is 5.76. The average molecular weight is 313 g/mol. The van der Waals surface area contributed by atoms with Crippen molar-refractivity contribution >= 4 is 5.91 Å². The number of hydrogen-bond donors (Lipinski definition) is 2. The van der Waals surface area contributed by atoms with Crippen molar-refractivity contribution in [1.29, 1.82) is 0 Å². The van der Waals surface area contributed by atoms with Crippen molar-refractivity contribution < 1.29 is 9.53 Å². The molecule has 122 valence electrons. The quantitative estimate of drug-likeness (QED) is 0.823. The molecule has 0 saturated heterocycles. The second-order valence-electron chi connectivity index (χ2n) is 5.65. The van der Waals surface area contributed by atoms with Crippen LogP contribution in [0.25, 0.3) is 0 Å². The summed E-state index contributed by atoms with van der Waals surface area (Å²) in [6.07, 6.45) is 2.06. The van der Waals surface area contributed by atoms with E-state index in [9.17, 15) is 4.79 Å². The molecule has 3 N–H and O–H groups in total. The van der Waals surface area contributed by atoms with Gasteiger partial charge >= 0.3 is 0 Å². The first kappa shape index (κ1) is 17.0. The SMILES string of the molecule is CC(N)CC(=O)NC(C)c1cccc(OCc2ccccn2)c1. The number of nitrogens with zero attached hydrogens (tertiary/aromatic N) is 1. The second kappa shape index (κ2) is 8.29. The highest BCUT2D eigenvalue weighted by atomic mass is 16.5. The lowest BCUT2D eigenvalue weighted by molar-refractivity contribution is -0.122. The standard InChI is InChI=1S/C18H23N3O2/c1-13(19)10-18(22)21-14(2)15-6-5-8-17(11-15)23-12-16-7-3-4-9-20-16/h3-9,11,13-14H,10,12,19H2,1-2H3,(H,21,22). The molecule has 0 aliphatic carbocycles. The molecule has 1 amide bonds. The summed E-state index contributed by atoms with van der Waals surface area (Å²) in [7, 11) is 0. The van der Waals surface area contributed by atoms with Crippen LogP contribution < -0.4 is 15.8 Å². The fourth-order valence-electron chi connectivity index (χ4n) is 2.19. The monoisotopic (exact) mass is 313 g/mol. The Balaban J connectivity index is 1.94. The predicted octanol–water partition coefficient (Wildman–Crippen LogP) is 2.58. The summed E-state index contributed by atoms with van der Waals surface area (Å²) in [4.78, 5) is 16.0. The van der Waals surface area contributed by atoms with Gasteiger partial charge < -0.3 is 15.8 Å². The van der Waals surface area contributed by atoms with Gasteiger partial charge in [-0.05, 0) is 43.7 Å². The summed E-state index contributed by atoms with van der Waals surface area (Å²) in [5, 5.41) is 2.94. The smallest absolute Gasteiger partial charge is 0.222 e. The number of benzene rings is 1. The van der Waals surface area contributed by atoms with E-state index in [0.717, 1.165) is 17.0 Å². The molecule has 5 nitrogen and oxygen atoms in total. The maximum atomic E-state index is 11.8. The maximum absolute atomic E-state index is 11.8. The molecule has 0 spiro atoms. The molecule has 2 rings (SSSR count). The summed E-state index contributed by atoms with van der Waals surface area (Å²) in [5.41, 5.74) is 7.50. The number of aromatic nitrogens is 1. The summed E-state index contributed by atoms with van der Waals surface area (Å²) in [5.74, 6) is 0.703. The molecule has 0 bridgehead atoms. The Morgan fingerprint density at radius 2 is 2.09 bits per heavy atom. The molecule has 5 heteroatoms. The van der Waals surface area contributed by atoms with Crippen molar-refractivity contribution in [2.75, 3.05) is 0 Å². The fraction of sp³-hybridized carbons (Fsp3) is 0.333. The van der Waals surface area contributed by atoms with Crippen molar-refractivity contribution in [3.63, 3.8) is 0 Å². The van der Waals surface area contributed by atoms with Crippen LogP contribution in [0.4, 0.5) is 0 Å². The first-order chi connectivity index (χ1) is 11.0. The zero-order valence-corrected chi connectivity index (χ0v) is 13.5. The Bertz CT molecular complexity index is 629. The van der Waals surface area contributed by atoms with Gasteiger partial charge in [-0.2, -0.15) is 0 Å². The van der Waals surface area contributed by atoms with Crippen molar-refractivity contribution in [2.24, 2.45) is 5.73 Å². The van der Waals surface area contributed by atoms with E-state index >= 15 is 0 Å². The first-order valence-electron chi connectivity index (χ1n) is 7.72. The van der Waals surface area contributed by atoms with E-state index in [1.165, 1.54) is 0 Å². The van der Waals surface area contributed by atoms with Crippen molar-refractivity contribution in [3.05, 3.63) is 59.9 Å². The van der Waals surface area contributed by atoms with Crippen molar-refractivity contribution in [3.8, 4) is 5.75 Å². The van der Waals surface area contributed by atoms with Gasteiger partial charge in [0.15, 0.2) is 0 Å². The topological polar surface area (TPSA) is 77.2 Å². The fourth-order valence-corrected chi connectivity index (χ4v) is 2.19. The lowest BCUT2D eigenvalue weighted by atomic mass is 10.1. The van der Waals surface area contributed by atoms with Crippen LogP contribution in [0.3, 0.4) is 0 Å². The molecule has 0 saturated carbocycles. The molecule has 0 fully saturated rings. The van der Waals surface area contributed by atoms with Gasteiger partial charge in [-0.3, -0.25) is 9.78 Å². The van der Waals surface area contributed by atoms with Gasteiger partial charge in [-0.25, -0.2) is 0 Å². The summed E-state index contributed by atoms with van der Waals surface area (Å²) in [6.45, 7) is 4.17. The van der Waals surface area contributed by atoms with Gasteiger partial charge in [0, 0.05) is 18.7 Å². The second-order valence-corrected chi connectivity index (χ2v) is 5.65.